The largest absolute Gasteiger partial charge is 0.480 e. The van der Waals surface area contributed by atoms with Gasteiger partial charge < -0.3 is 10.8 Å². The van der Waals surface area contributed by atoms with Crippen LogP contribution in [0.4, 0.5) is 0 Å². The number of nitrogens with zero attached hydrogens (tertiary/aromatic N) is 2. The van der Waals surface area contributed by atoms with Gasteiger partial charge in [0.15, 0.2) is 0 Å². The van der Waals surface area contributed by atoms with Gasteiger partial charge in [-0.05, 0) is 12.8 Å². The zero-order valence-electron chi connectivity index (χ0n) is 6.55. The van der Waals surface area contributed by atoms with Crippen molar-refractivity contribution in [2.24, 2.45) is 21.9 Å². The molecule has 0 bridgehead atoms. The average Bonchev–Trinajstić information content (AvgIpc) is 2.51. The number of carboxylic acid groups (broad SMARTS) is 1. The van der Waals surface area contributed by atoms with Crippen molar-refractivity contribution in [3.63, 3.8) is 0 Å². The second kappa shape index (κ2) is 3.96. The first kappa shape index (κ1) is 8.86. The quantitative estimate of drug-likeness (QED) is 0.614. The summed E-state index contributed by atoms with van der Waals surface area (Å²) in [6.45, 7) is 0. The van der Waals surface area contributed by atoms with Crippen molar-refractivity contribution in [1.82, 2.24) is 0 Å². The molecule has 1 aliphatic heterocycles. The Bertz CT molecular complexity index is 213. The fraction of sp³-hybridized carbons (Fsp3) is 0.571. The average molecular weight is 169 g/mol. The van der Waals surface area contributed by atoms with E-state index in [9.17, 15) is 4.79 Å². The molecule has 3 N–H and O–H groups in total. The summed E-state index contributed by atoms with van der Waals surface area (Å²) in [7, 11) is 0. The van der Waals surface area contributed by atoms with E-state index in [1.165, 1.54) is 0 Å². The minimum Gasteiger partial charge on any atom is -0.480 e. The fourth-order valence-electron chi connectivity index (χ4n) is 0.931. The van der Waals surface area contributed by atoms with Crippen molar-refractivity contribution in [3.05, 3.63) is 0 Å². The van der Waals surface area contributed by atoms with E-state index in [2.05, 4.69) is 10.2 Å². The minimum absolute atomic E-state index is 0.162. The highest BCUT2D eigenvalue weighted by molar-refractivity contribution is 5.86. The van der Waals surface area contributed by atoms with Gasteiger partial charge in [0, 0.05) is 18.3 Å². The van der Waals surface area contributed by atoms with Gasteiger partial charge in [-0.25, -0.2) is 0 Å². The van der Waals surface area contributed by atoms with E-state index in [0.29, 0.717) is 12.8 Å². The van der Waals surface area contributed by atoms with Gasteiger partial charge >= 0.3 is 5.97 Å². The van der Waals surface area contributed by atoms with Gasteiger partial charge in [0.1, 0.15) is 6.04 Å². The predicted octanol–water partition coefficient (Wildman–Crippen LogP) is -0.135. The van der Waals surface area contributed by atoms with Gasteiger partial charge in [0.05, 0.1) is 0 Å². The summed E-state index contributed by atoms with van der Waals surface area (Å²) < 4.78 is 0. The maximum Gasteiger partial charge on any atom is 0.320 e. The van der Waals surface area contributed by atoms with Crippen LogP contribution in [0.25, 0.3) is 0 Å². The number of hydrogen-bond donors (Lipinski definition) is 2. The van der Waals surface area contributed by atoms with Crippen LogP contribution in [0, 0.1) is 5.92 Å². The van der Waals surface area contributed by atoms with E-state index in [0.717, 1.165) is 0 Å². The van der Waals surface area contributed by atoms with Crippen LogP contribution in [0.2, 0.25) is 0 Å². The smallest absolute Gasteiger partial charge is 0.320 e. The molecule has 12 heavy (non-hydrogen) atoms. The molecule has 66 valence electrons. The van der Waals surface area contributed by atoms with Crippen LogP contribution in [0.3, 0.4) is 0 Å². The van der Waals surface area contributed by atoms with Gasteiger partial charge in [-0.1, -0.05) is 0 Å². The number of rotatable bonds is 4. The van der Waals surface area contributed by atoms with E-state index < -0.39 is 12.0 Å². The molecule has 0 fully saturated rings. The van der Waals surface area contributed by atoms with Gasteiger partial charge in [0.25, 0.3) is 0 Å². The van der Waals surface area contributed by atoms with E-state index >= 15 is 0 Å². The molecule has 1 heterocycles. The van der Waals surface area contributed by atoms with Crippen molar-refractivity contribution in [1.29, 1.82) is 0 Å². The van der Waals surface area contributed by atoms with E-state index in [1.54, 1.807) is 12.4 Å². The molecule has 0 saturated heterocycles. The summed E-state index contributed by atoms with van der Waals surface area (Å²) in [5.74, 6) is -0.794. The zero-order chi connectivity index (χ0) is 8.97. The summed E-state index contributed by atoms with van der Waals surface area (Å²) in [5.41, 5.74) is 5.31. The Morgan fingerprint density at radius 2 is 2.17 bits per heavy atom. The maximum absolute atomic E-state index is 10.3. The van der Waals surface area contributed by atoms with Gasteiger partial charge in [0.2, 0.25) is 0 Å². The third-order valence-corrected chi connectivity index (χ3v) is 1.71. The highest BCUT2D eigenvalue weighted by atomic mass is 16.4. The first-order chi connectivity index (χ1) is 5.70. The fourth-order valence-corrected chi connectivity index (χ4v) is 0.931. The van der Waals surface area contributed by atoms with E-state index in [4.69, 9.17) is 10.8 Å². The summed E-state index contributed by atoms with van der Waals surface area (Å²) in [6.07, 6.45) is 4.53. The minimum atomic E-state index is -0.957. The first-order valence-electron chi connectivity index (χ1n) is 3.75. The lowest BCUT2D eigenvalue weighted by molar-refractivity contribution is -0.138. The lowest BCUT2D eigenvalue weighted by atomic mass is 10.0. The SMILES string of the molecule is NC(CCC1C=NN=C1)C(=O)O. The van der Waals surface area contributed by atoms with Crippen LogP contribution in [-0.2, 0) is 4.79 Å². The Morgan fingerprint density at radius 3 is 2.67 bits per heavy atom. The number of hydrogen-bond acceptors (Lipinski definition) is 4. The predicted molar refractivity (Wildman–Crippen MR) is 45.3 cm³/mol. The van der Waals surface area contributed by atoms with E-state index in [1.807, 2.05) is 0 Å². The molecule has 5 heteroatoms. The van der Waals surface area contributed by atoms with Crippen LogP contribution in [0.15, 0.2) is 10.2 Å². The molecule has 0 aliphatic carbocycles. The summed E-state index contributed by atoms with van der Waals surface area (Å²) in [6, 6.07) is -0.771. The van der Waals surface area contributed by atoms with Crippen LogP contribution in [-0.4, -0.2) is 29.5 Å². The Kier molecular flexibility index (Phi) is 2.93. The molecule has 5 nitrogen and oxygen atoms in total. The normalized spacial score (nSPS) is 18.4. The number of aliphatic carboxylic acids is 1. The molecule has 0 spiro atoms. The lowest BCUT2D eigenvalue weighted by Crippen LogP contribution is -2.30. The molecule has 1 unspecified atom stereocenters. The molecular weight excluding hydrogens is 158 g/mol. The molecular formula is C7H11N3O2. The summed E-state index contributed by atoms with van der Waals surface area (Å²) >= 11 is 0. The number of carboxylic acids is 1. The molecule has 1 aliphatic rings. The van der Waals surface area contributed by atoms with E-state index in [-0.39, 0.29) is 5.92 Å². The van der Waals surface area contributed by atoms with Crippen LogP contribution in [0.5, 0.6) is 0 Å². The standard InChI is InChI=1S/C7H11N3O2/c8-6(7(11)12)2-1-5-3-9-10-4-5/h3-6H,1-2,8H2,(H,11,12). The van der Waals surface area contributed by atoms with Crippen molar-refractivity contribution in [3.8, 4) is 0 Å². The van der Waals surface area contributed by atoms with Crippen molar-refractivity contribution in [2.45, 2.75) is 18.9 Å². The van der Waals surface area contributed by atoms with Gasteiger partial charge in [-0.3, -0.25) is 4.79 Å². The highest BCUT2D eigenvalue weighted by Gasteiger charge is 2.14. The highest BCUT2D eigenvalue weighted by Crippen LogP contribution is 2.07. The van der Waals surface area contributed by atoms with Gasteiger partial charge in [-0.15, -0.1) is 0 Å². The topological polar surface area (TPSA) is 88.0 Å². The third kappa shape index (κ3) is 2.43. The van der Waals surface area contributed by atoms with Crippen LogP contribution in [0.1, 0.15) is 12.8 Å². The van der Waals surface area contributed by atoms with Gasteiger partial charge in [-0.2, -0.15) is 10.2 Å². The lowest BCUT2D eigenvalue weighted by Gasteiger charge is -2.06. The summed E-state index contributed by atoms with van der Waals surface area (Å²) in [4.78, 5) is 10.3. The van der Waals surface area contributed by atoms with Crippen LogP contribution < -0.4 is 5.73 Å². The molecule has 0 aromatic rings. The Hall–Kier alpha value is -1.23. The number of carbonyl (C=O) groups is 1. The number of nitrogens with two attached hydrogens (primary N) is 1. The molecule has 0 amide bonds. The molecule has 1 rings (SSSR count). The van der Waals surface area contributed by atoms with Crippen LogP contribution >= 0.6 is 0 Å². The zero-order valence-corrected chi connectivity index (χ0v) is 6.55. The molecule has 0 saturated carbocycles. The molecule has 0 aromatic carbocycles. The monoisotopic (exact) mass is 169 g/mol. The first-order valence-corrected chi connectivity index (χ1v) is 3.75. The van der Waals surface area contributed by atoms with Crippen molar-refractivity contribution < 1.29 is 9.90 Å². The Balaban J connectivity index is 2.21. The van der Waals surface area contributed by atoms with Crippen molar-refractivity contribution >= 4 is 18.4 Å². The molecule has 1 atom stereocenters. The Morgan fingerprint density at radius 1 is 1.58 bits per heavy atom. The third-order valence-electron chi connectivity index (χ3n) is 1.71. The summed E-state index contributed by atoms with van der Waals surface area (Å²) in [5, 5.41) is 15.8. The second-order valence-electron chi connectivity index (χ2n) is 2.72. The Labute approximate surface area is 70.0 Å². The maximum atomic E-state index is 10.3. The molecule has 0 radical (unpaired) electrons. The molecule has 0 aromatic heterocycles. The second-order valence-corrected chi connectivity index (χ2v) is 2.72. The van der Waals surface area contributed by atoms with Crippen molar-refractivity contribution in [2.75, 3.05) is 0 Å².